The van der Waals surface area contributed by atoms with Crippen LogP contribution in [0.2, 0.25) is 0 Å². The second kappa shape index (κ2) is 9.60. The molecule has 0 bridgehead atoms. The SMILES string of the molecule is CC(C)(C)OC(=O)NC1COc2c1ccc1c2cc(-c2cc(C#N)cc(C=O)c2)n1S(=O)(=O)c1ccccc1. The smallest absolute Gasteiger partial charge is 0.408 e. The van der Waals surface area contributed by atoms with Crippen LogP contribution in [0.5, 0.6) is 5.75 Å². The summed E-state index contributed by atoms with van der Waals surface area (Å²) in [6, 6.07) is 19.0. The molecule has 1 aliphatic heterocycles. The highest BCUT2D eigenvalue weighted by atomic mass is 32.2. The fourth-order valence-corrected chi connectivity index (χ4v) is 6.15. The van der Waals surface area contributed by atoms with E-state index in [1.165, 1.54) is 34.3 Å². The Morgan fingerprint density at radius 1 is 1.13 bits per heavy atom. The van der Waals surface area contributed by atoms with Crippen LogP contribution in [0.3, 0.4) is 0 Å². The van der Waals surface area contributed by atoms with Crippen molar-refractivity contribution in [3.05, 3.63) is 83.4 Å². The van der Waals surface area contributed by atoms with Crippen molar-refractivity contribution in [2.45, 2.75) is 37.3 Å². The molecule has 1 N–H and O–H groups in total. The fraction of sp³-hybridized carbons (Fsp3) is 0.207. The van der Waals surface area contributed by atoms with E-state index in [1.807, 2.05) is 6.07 Å². The number of nitriles is 1. The van der Waals surface area contributed by atoms with Crippen LogP contribution in [0, 0.1) is 11.3 Å². The van der Waals surface area contributed by atoms with E-state index in [0.717, 1.165) is 0 Å². The van der Waals surface area contributed by atoms with Gasteiger partial charge in [0.1, 0.15) is 24.2 Å². The van der Waals surface area contributed by atoms with Crippen LogP contribution in [0.4, 0.5) is 4.79 Å². The Bertz CT molecular complexity index is 1760. The maximum atomic E-state index is 14.0. The lowest BCUT2D eigenvalue weighted by atomic mass is 10.0. The van der Waals surface area contributed by atoms with Gasteiger partial charge in [-0.05, 0) is 63.2 Å². The number of carbonyl (C=O) groups is 2. The quantitative estimate of drug-likeness (QED) is 0.343. The van der Waals surface area contributed by atoms with E-state index in [2.05, 4.69) is 5.32 Å². The van der Waals surface area contributed by atoms with Crippen molar-refractivity contribution in [1.82, 2.24) is 9.29 Å². The zero-order valence-corrected chi connectivity index (χ0v) is 22.3. The zero-order chi connectivity index (χ0) is 27.9. The first-order valence-corrected chi connectivity index (χ1v) is 13.6. The molecule has 1 aliphatic rings. The molecule has 198 valence electrons. The molecule has 5 rings (SSSR count). The van der Waals surface area contributed by atoms with Gasteiger partial charge in [0.05, 0.1) is 33.8 Å². The molecule has 3 aromatic carbocycles. The minimum Gasteiger partial charge on any atom is -0.490 e. The summed E-state index contributed by atoms with van der Waals surface area (Å²) in [5.74, 6) is 0.434. The number of rotatable bonds is 5. The predicted octanol–water partition coefficient (Wildman–Crippen LogP) is 5.19. The number of amides is 1. The van der Waals surface area contributed by atoms with E-state index in [0.29, 0.717) is 34.1 Å². The second-order valence-electron chi connectivity index (χ2n) is 10.1. The average molecular weight is 544 g/mol. The molecule has 9 nitrogen and oxygen atoms in total. The average Bonchev–Trinajstić information content (AvgIpc) is 3.49. The van der Waals surface area contributed by atoms with Crippen molar-refractivity contribution < 1.29 is 27.5 Å². The number of ether oxygens (including phenoxy) is 2. The monoisotopic (exact) mass is 543 g/mol. The summed E-state index contributed by atoms with van der Waals surface area (Å²) in [6.45, 7) is 5.44. The number of aromatic nitrogens is 1. The summed E-state index contributed by atoms with van der Waals surface area (Å²) in [6.07, 6.45) is 0.0141. The summed E-state index contributed by atoms with van der Waals surface area (Å²) >= 11 is 0. The highest BCUT2D eigenvalue weighted by molar-refractivity contribution is 7.90. The summed E-state index contributed by atoms with van der Waals surface area (Å²) in [5, 5.41) is 12.8. The predicted molar refractivity (Wildman–Crippen MR) is 144 cm³/mol. The van der Waals surface area contributed by atoms with Crippen LogP contribution in [0.1, 0.15) is 48.3 Å². The maximum Gasteiger partial charge on any atom is 0.408 e. The van der Waals surface area contributed by atoms with Gasteiger partial charge in [-0.2, -0.15) is 5.26 Å². The number of nitrogens with one attached hydrogen (secondary N) is 1. The van der Waals surface area contributed by atoms with Crippen LogP contribution in [0.15, 0.2) is 71.6 Å². The standard InChI is InChI=1S/C29H25N3O6S/c1-29(2,3)38-28(34)31-24-17-37-27-22(24)9-10-25-23(27)14-26(20-12-18(15-30)11-19(13-20)16-33)32(25)39(35,36)21-7-5-4-6-8-21/h4-14,16,24H,17H2,1-3H3,(H,31,34). The molecule has 1 unspecified atom stereocenters. The molecule has 0 saturated carbocycles. The maximum absolute atomic E-state index is 14.0. The molecule has 1 aromatic heterocycles. The first kappa shape index (κ1) is 26.0. The van der Waals surface area contributed by atoms with Gasteiger partial charge in [-0.25, -0.2) is 17.2 Å². The summed E-state index contributed by atoms with van der Waals surface area (Å²) in [7, 11) is -4.11. The van der Waals surface area contributed by atoms with Gasteiger partial charge in [-0.3, -0.25) is 4.79 Å². The Hall–Kier alpha value is -4.62. The number of benzene rings is 3. The Morgan fingerprint density at radius 3 is 2.54 bits per heavy atom. The van der Waals surface area contributed by atoms with E-state index in [-0.39, 0.29) is 28.3 Å². The molecule has 0 aliphatic carbocycles. The minimum absolute atomic E-state index is 0.0710. The zero-order valence-electron chi connectivity index (χ0n) is 21.5. The Morgan fingerprint density at radius 2 is 1.87 bits per heavy atom. The molecule has 1 amide bonds. The molecule has 2 heterocycles. The van der Waals surface area contributed by atoms with Crippen LogP contribution >= 0.6 is 0 Å². The normalized spacial score (nSPS) is 14.8. The second-order valence-corrected chi connectivity index (χ2v) is 11.9. The van der Waals surface area contributed by atoms with Crippen molar-refractivity contribution in [2.75, 3.05) is 6.61 Å². The highest BCUT2D eigenvalue weighted by Crippen LogP contribution is 2.43. The van der Waals surface area contributed by atoms with Crippen LogP contribution < -0.4 is 10.1 Å². The molecule has 39 heavy (non-hydrogen) atoms. The van der Waals surface area contributed by atoms with Crippen LogP contribution in [-0.4, -0.2) is 37.0 Å². The van der Waals surface area contributed by atoms with Crippen LogP contribution in [-0.2, 0) is 14.8 Å². The van der Waals surface area contributed by atoms with Gasteiger partial charge >= 0.3 is 6.09 Å². The number of carbonyl (C=O) groups excluding carboxylic acids is 2. The molecule has 0 spiro atoms. The van der Waals surface area contributed by atoms with Crippen molar-refractivity contribution in [3.8, 4) is 23.1 Å². The third-order valence-electron chi connectivity index (χ3n) is 6.18. The molecular formula is C29H25N3O6S. The number of fused-ring (bicyclic) bond motifs is 3. The molecule has 0 saturated heterocycles. The van der Waals surface area contributed by atoms with Gasteiger partial charge in [0.25, 0.3) is 10.0 Å². The van der Waals surface area contributed by atoms with Gasteiger partial charge in [0.2, 0.25) is 0 Å². The van der Waals surface area contributed by atoms with Crippen LogP contribution in [0.25, 0.3) is 22.2 Å². The largest absolute Gasteiger partial charge is 0.490 e. The van der Waals surface area contributed by atoms with E-state index in [1.54, 1.807) is 57.2 Å². The van der Waals surface area contributed by atoms with Crippen molar-refractivity contribution >= 4 is 33.3 Å². The Labute approximate surface area is 225 Å². The third kappa shape index (κ3) is 4.84. The van der Waals surface area contributed by atoms with Gasteiger partial charge in [-0.1, -0.05) is 24.3 Å². The first-order chi connectivity index (χ1) is 18.5. The van der Waals surface area contributed by atoms with E-state index >= 15 is 0 Å². The first-order valence-electron chi connectivity index (χ1n) is 12.1. The lowest BCUT2D eigenvalue weighted by Gasteiger charge is -2.21. The van der Waals surface area contributed by atoms with Gasteiger partial charge in [-0.15, -0.1) is 0 Å². The molecule has 0 radical (unpaired) electrons. The highest BCUT2D eigenvalue weighted by Gasteiger charge is 2.32. The topological polar surface area (TPSA) is 127 Å². The number of nitrogens with zero attached hydrogens (tertiary/aromatic N) is 2. The third-order valence-corrected chi connectivity index (χ3v) is 7.92. The Kier molecular flexibility index (Phi) is 6.40. The lowest BCUT2D eigenvalue weighted by Crippen LogP contribution is -2.35. The van der Waals surface area contributed by atoms with Crippen molar-refractivity contribution in [1.29, 1.82) is 5.26 Å². The molecule has 4 aromatic rings. The van der Waals surface area contributed by atoms with Gasteiger partial charge in [0.15, 0.2) is 0 Å². The molecule has 10 heteroatoms. The van der Waals surface area contributed by atoms with Gasteiger partial charge in [0, 0.05) is 22.1 Å². The lowest BCUT2D eigenvalue weighted by molar-refractivity contribution is 0.0496. The number of hydrogen-bond donors (Lipinski definition) is 1. The van der Waals surface area contributed by atoms with Crippen molar-refractivity contribution in [2.24, 2.45) is 0 Å². The number of hydrogen-bond acceptors (Lipinski definition) is 7. The minimum atomic E-state index is -4.11. The molecular weight excluding hydrogens is 518 g/mol. The van der Waals surface area contributed by atoms with E-state index in [4.69, 9.17) is 9.47 Å². The summed E-state index contributed by atoms with van der Waals surface area (Å²) in [4.78, 5) is 24.1. The Balaban J connectivity index is 1.71. The fourth-order valence-electron chi connectivity index (χ4n) is 4.60. The molecule has 0 fully saturated rings. The summed E-state index contributed by atoms with van der Waals surface area (Å²) < 4.78 is 40.5. The summed E-state index contributed by atoms with van der Waals surface area (Å²) in [5.41, 5.74) is 1.44. The molecule has 1 atom stereocenters. The van der Waals surface area contributed by atoms with E-state index in [9.17, 15) is 23.3 Å². The van der Waals surface area contributed by atoms with Crippen molar-refractivity contribution in [3.63, 3.8) is 0 Å². The number of aldehydes is 1. The number of alkyl carbamates (subject to hydrolysis) is 1. The van der Waals surface area contributed by atoms with Gasteiger partial charge < -0.3 is 14.8 Å². The van der Waals surface area contributed by atoms with E-state index < -0.39 is 27.8 Å².